The van der Waals surface area contributed by atoms with Gasteiger partial charge in [-0.05, 0) is 36.4 Å². The van der Waals surface area contributed by atoms with Gasteiger partial charge in [0.25, 0.3) is 0 Å². The van der Waals surface area contributed by atoms with Crippen molar-refractivity contribution in [3.8, 4) is 10.8 Å². The average Bonchev–Trinajstić information content (AvgIpc) is 3.36. The molecule has 138 valence electrons. The fourth-order valence-corrected chi connectivity index (χ4v) is 4.35. The third-order valence-electron chi connectivity index (χ3n) is 5.05. The van der Waals surface area contributed by atoms with E-state index in [1.54, 1.807) is 11.3 Å². The lowest BCUT2D eigenvalue weighted by Gasteiger charge is -2.16. The maximum Gasteiger partial charge on any atom is 0.236 e. The van der Waals surface area contributed by atoms with Crippen LogP contribution in [-0.2, 0) is 6.54 Å². The first-order valence-corrected chi connectivity index (χ1v) is 9.60. The lowest BCUT2D eigenvalue weighted by Crippen LogP contribution is -2.23. The van der Waals surface area contributed by atoms with Crippen molar-refractivity contribution in [2.75, 3.05) is 19.6 Å². The first kappa shape index (κ1) is 19.1. The van der Waals surface area contributed by atoms with Crippen LogP contribution in [0.3, 0.4) is 0 Å². The van der Waals surface area contributed by atoms with E-state index in [1.165, 1.54) is 5.56 Å². The molecule has 6 heteroatoms. The number of hydrogen-bond acceptors (Lipinski definition) is 5. The van der Waals surface area contributed by atoms with Gasteiger partial charge >= 0.3 is 0 Å². The summed E-state index contributed by atoms with van der Waals surface area (Å²) in [5.41, 5.74) is 8.48. The molecule has 26 heavy (non-hydrogen) atoms. The van der Waals surface area contributed by atoms with Crippen molar-refractivity contribution in [1.82, 2.24) is 9.88 Å². The highest BCUT2D eigenvalue weighted by molar-refractivity contribution is 7.13. The van der Waals surface area contributed by atoms with E-state index in [9.17, 15) is 0 Å². The monoisotopic (exact) mass is 389 g/mol. The van der Waals surface area contributed by atoms with Crippen LogP contribution >= 0.6 is 23.7 Å². The van der Waals surface area contributed by atoms with Crippen LogP contribution in [0.4, 0.5) is 0 Å². The fraction of sp³-hybridized carbons (Fsp3) is 0.350. The Morgan fingerprint density at radius 2 is 2.00 bits per heavy atom. The summed E-state index contributed by atoms with van der Waals surface area (Å²) >= 11 is 1.66. The molecule has 1 aromatic carbocycles. The van der Waals surface area contributed by atoms with Crippen molar-refractivity contribution in [1.29, 1.82) is 0 Å². The van der Waals surface area contributed by atoms with Gasteiger partial charge in [0.2, 0.25) is 5.89 Å². The summed E-state index contributed by atoms with van der Waals surface area (Å²) < 4.78 is 5.88. The van der Waals surface area contributed by atoms with Crippen molar-refractivity contribution in [2.24, 2.45) is 11.7 Å². The summed E-state index contributed by atoms with van der Waals surface area (Å²) in [4.78, 5) is 8.27. The van der Waals surface area contributed by atoms with E-state index >= 15 is 0 Å². The zero-order valence-electron chi connectivity index (χ0n) is 14.8. The molecule has 0 saturated carbocycles. The molecule has 4 nitrogen and oxygen atoms in total. The molecule has 0 bridgehead atoms. The predicted octanol–water partition coefficient (Wildman–Crippen LogP) is 4.31. The molecule has 1 aliphatic rings. The lowest BCUT2D eigenvalue weighted by atomic mass is 9.89. The number of halogens is 1. The molecule has 2 aromatic heterocycles. The molecule has 0 radical (unpaired) electrons. The molecule has 1 saturated heterocycles. The van der Waals surface area contributed by atoms with Gasteiger partial charge < -0.3 is 10.2 Å². The van der Waals surface area contributed by atoms with E-state index in [1.807, 2.05) is 24.4 Å². The Morgan fingerprint density at radius 3 is 2.69 bits per heavy atom. The van der Waals surface area contributed by atoms with Crippen molar-refractivity contribution in [3.05, 3.63) is 64.9 Å². The Bertz CT molecular complexity index is 819. The first-order valence-electron chi connectivity index (χ1n) is 8.72. The Hall–Kier alpha value is -1.66. The fourth-order valence-electron chi connectivity index (χ4n) is 3.70. The maximum absolute atomic E-state index is 6.06. The molecule has 0 aliphatic carbocycles. The van der Waals surface area contributed by atoms with Gasteiger partial charge in [-0.15, -0.1) is 23.7 Å². The highest BCUT2D eigenvalue weighted by atomic mass is 35.5. The first-order chi connectivity index (χ1) is 12.2. The van der Waals surface area contributed by atoms with Crippen molar-refractivity contribution >= 4 is 23.7 Å². The number of thiophene rings is 1. The van der Waals surface area contributed by atoms with E-state index in [-0.39, 0.29) is 12.4 Å². The van der Waals surface area contributed by atoms with Crippen LogP contribution in [0.1, 0.15) is 22.9 Å². The second-order valence-corrected chi connectivity index (χ2v) is 7.65. The molecule has 1 fully saturated rings. The lowest BCUT2D eigenvalue weighted by molar-refractivity contribution is 0.311. The zero-order chi connectivity index (χ0) is 17.2. The molecule has 0 amide bonds. The standard InChI is InChI=1S/C20H23N3OS.ClH/c1-14-18(22-20(24-14)19-8-5-9-25-19)13-23-11-16(10-21)17(12-23)15-6-3-2-4-7-15;/h2-9,16-17H,10-13,21H2,1H3;1H/t16-,17+;/m1./s1. The van der Waals surface area contributed by atoms with E-state index in [2.05, 4.69) is 35.2 Å². The maximum atomic E-state index is 6.06. The number of oxazole rings is 1. The minimum Gasteiger partial charge on any atom is -0.440 e. The second kappa shape index (κ2) is 8.35. The van der Waals surface area contributed by atoms with Gasteiger partial charge in [0.15, 0.2) is 0 Å². The third-order valence-corrected chi connectivity index (χ3v) is 5.90. The van der Waals surface area contributed by atoms with E-state index < -0.39 is 0 Å². The van der Waals surface area contributed by atoms with Crippen molar-refractivity contribution in [3.63, 3.8) is 0 Å². The number of aryl methyl sites for hydroxylation is 1. The molecular formula is C20H24ClN3OS. The third kappa shape index (κ3) is 3.86. The normalized spacial score (nSPS) is 20.2. The molecule has 0 spiro atoms. The van der Waals surface area contributed by atoms with Crippen LogP contribution in [0.5, 0.6) is 0 Å². The quantitative estimate of drug-likeness (QED) is 0.706. The minimum absolute atomic E-state index is 0. The molecule has 2 atom stereocenters. The molecule has 0 unspecified atom stereocenters. The smallest absolute Gasteiger partial charge is 0.236 e. The number of benzene rings is 1. The Balaban J connectivity index is 0.00000196. The molecule has 3 aromatic rings. The van der Waals surface area contributed by atoms with Crippen molar-refractivity contribution in [2.45, 2.75) is 19.4 Å². The Kier molecular flexibility index (Phi) is 6.14. The summed E-state index contributed by atoms with van der Waals surface area (Å²) in [6.07, 6.45) is 0. The highest BCUT2D eigenvalue weighted by Gasteiger charge is 2.33. The second-order valence-electron chi connectivity index (χ2n) is 6.71. The summed E-state index contributed by atoms with van der Waals surface area (Å²) in [5, 5.41) is 2.05. The molecule has 4 rings (SSSR count). The number of nitrogens with two attached hydrogens (primary N) is 1. The highest BCUT2D eigenvalue weighted by Crippen LogP contribution is 2.33. The Labute approximate surface area is 164 Å². The van der Waals surface area contributed by atoms with Gasteiger partial charge in [0.05, 0.1) is 10.6 Å². The van der Waals surface area contributed by atoms with Gasteiger partial charge in [-0.25, -0.2) is 4.98 Å². The number of likely N-dealkylation sites (tertiary alicyclic amines) is 1. The van der Waals surface area contributed by atoms with Gasteiger partial charge in [-0.3, -0.25) is 4.90 Å². The zero-order valence-corrected chi connectivity index (χ0v) is 16.4. The topological polar surface area (TPSA) is 55.3 Å². The molecule has 2 N–H and O–H groups in total. The number of nitrogens with zero attached hydrogens (tertiary/aromatic N) is 2. The summed E-state index contributed by atoms with van der Waals surface area (Å²) in [5.74, 6) is 2.63. The molecule has 3 heterocycles. The van der Waals surface area contributed by atoms with Crippen LogP contribution < -0.4 is 5.73 Å². The van der Waals surface area contributed by atoms with Crippen LogP contribution in [0.25, 0.3) is 10.8 Å². The largest absolute Gasteiger partial charge is 0.440 e. The van der Waals surface area contributed by atoms with E-state index in [0.717, 1.165) is 41.9 Å². The summed E-state index contributed by atoms with van der Waals surface area (Å²) in [7, 11) is 0. The molecular weight excluding hydrogens is 366 g/mol. The van der Waals surface area contributed by atoms with Crippen LogP contribution in [0.15, 0.2) is 52.3 Å². The Morgan fingerprint density at radius 1 is 1.19 bits per heavy atom. The van der Waals surface area contributed by atoms with Gasteiger partial charge in [0, 0.05) is 25.6 Å². The van der Waals surface area contributed by atoms with E-state index in [0.29, 0.717) is 18.4 Å². The van der Waals surface area contributed by atoms with Crippen LogP contribution in [0.2, 0.25) is 0 Å². The predicted molar refractivity (Wildman–Crippen MR) is 109 cm³/mol. The van der Waals surface area contributed by atoms with Crippen LogP contribution in [0, 0.1) is 12.8 Å². The van der Waals surface area contributed by atoms with Crippen LogP contribution in [-0.4, -0.2) is 29.5 Å². The SMILES string of the molecule is Cc1oc(-c2cccs2)nc1CN1C[C@@H](CN)[C@H](c2ccccc2)C1.Cl. The van der Waals surface area contributed by atoms with Gasteiger partial charge in [-0.1, -0.05) is 36.4 Å². The summed E-state index contributed by atoms with van der Waals surface area (Å²) in [6.45, 7) is 5.57. The van der Waals surface area contributed by atoms with E-state index in [4.69, 9.17) is 15.1 Å². The van der Waals surface area contributed by atoms with Crippen molar-refractivity contribution < 1.29 is 4.42 Å². The number of aromatic nitrogens is 1. The van der Waals surface area contributed by atoms with Gasteiger partial charge in [0.1, 0.15) is 5.76 Å². The number of rotatable bonds is 5. The minimum atomic E-state index is 0. The number of hydrogen-bond donors (Lipinski definition) is 1. The summed E-state index contributed by atoms with van der Waals surface area (Å²) in [6, 6.07) is 14.8. The average molecular weight is 390 g/mol. The van der Waals surface area contributed by atoms with Gasteiger partial charge in [-0.2, -0.15) is 0 Å². The molecule has 1 aliphatic heterocycles.